The predicted molar refractivity (Wildman–Crippen MR) is 143 cm³/mol. The Morgan fingerprint density at radius 2 is 1.86 bits per heavy atom. The number of carbonyl (C=O) groups excluding carboxylic acids is 2. The lowest BCUT2D eigenvalue weighted by Gasteiger charge is -2.35. The fourth-order valence-corrected chi connectivity index (χ4v) is 5.85. The number of ether oxygens (including phenoxy) is 4. The largest absolute Gasteiger partial charge is 0.463 e. The van der Waals surface area contributed by atoms with E-state index in [0.717, 1.165) is 10.1 Å². The number of aromatic nitrogens is 3. The molecule has 224 valence electrons. The number of aliphatic hydroxyl groups excluding tert-OH is 1. The number of hydroxylamine groups is 1. The van der Waals surface area contributed by atoms with Crippen LogP contribution in [0, 0.1) is 0 Å². The van der Waals surface area contributed by atoms with E-state index < -0.39 is 59.9 Å². The number of aliphatic hydroxyl groups is 1. The van der Waals surface area contributed by atoms with Gasteiger partial charge in [-0.1, -0.05) is 24.3 Å². The number of nitrogens with one attached hydrogen (secondary N) is 1. The van der Waals surface area contributed by atoms with Gasteiger partial charge in [0.1, 0.15) is 43.2 Å². The zero-order valence-electron chi connectivity index (χ0n) is 23.1. The van der Waals surface area contributed by atoms with Gasteiger partial charge in [0.2, 0.25) is 0 Å². The summed E-state index contributed by atoms with van der Waals surface area (Å²) < 4.78 is 25.9. The Morgan fingerprint density at radius 1 is 1.07 bits per heavy atom. The van der Waals surface area contributed by atoms with Crippen LogP contribution < -0.4 is 16.9 Å². The predicted octanol–water partition coefficient (Wildman–Crippen LogP) is -0.129. The maximum atomic E-state index is 13.5. The molecule has 0 bridgehead atoms. The number of benzene rings is 1. The van der Waals surface area contributed by atoms with Crippen molar-refractivity contribution in [3.05, 3.63) is 74.7 Å². The second-order valence-corrected chi connectivity index (χ2v) is 10.6. The Kier molecular flexibility index (Phi) is 7.62. The fraction of sp³-hybridized carbons (Fsp3) is 0.500. The molecule has 1 aromatic heterocycles. The first-order valence-corrected chi connectivity index (χ1v) is 13.8. The van der Waals surface area contributed by atoms with E-state index in [2.05, 4.69) is 5.48 Å². The Hall–Kier alpha value is -3.98. The topological polar surface area (TPSA) is 165 Å². The summed E-state index contributed by atoms with van der Waals surface area (Å²) in [6, 6.07) is 7.88. The third-order valence-corrected chi connectivity index (χ3v) is 7.77. The van der Waals surface area contributed by atoms with Crippen molar-refractivity contribution in [3.8, 4) is 5.69 Å². The molecule has 4 aliphatic rings. The minimum atomic E-state index is -1.01. The highest BCUT2D eigenvalue weighted by Gasteiger charge is 2.57. The molecule has 2 N–H and O–H groups in total. The van der Waals surface area contributed by atoms with Crippen LogP contribution in [0.4, 0.5) is 0 Å². The van der Waals surface area contributed by atoms with Gasteiger partial charge in [-0.2, -0.15) is 0 Å². The Labute approximate surface area is 239 Å². The average molecular weight is 585 g/mol. The molecular formula is C28H32N4O10. The molecule has 1 saturated heterocycles. The summed E-state index contributed by atoms with van der Waals surface area (Å²) in [5.74, 6) is -0.944. The van der Waals surface area contributed by atoms with Crippen LogP contribution in [-0.2, 0) is 39.9 Å². The van der Waals surface area contributed by atoms with Gasteiger partial charge < -0.3 is 24.1 Å². The molecular weight excluding hydrogens is 552 g/mol. The molecule has 1 aliphatic carbocycles. The summed E-state index contributed by atoms with van der Waals surface area (Å²) in [5, 5.41) is 11.1. The first-order valence-electron chi connectivity index (χ1n) is 13.8. The Bertz CT molecular complexity index is 1540. The maximum Gasteiger partial charge on any atom is 0.352 e. The number of epoxide rings is 1. The maximum absolute atomic E-state index is 13.5. The molecule has 42 heavy (non-hydrogen) atoms. The summed E-state index contributed by atoms with van der Waals surface area (Å²) in [4.78, 5) is 55.2. The summed E-state index contributed by atoms with van der Waals surface area (Å²) >= 11 is 0. The van der Waals surface area contributed by atoms with Crippen LogP contribution in [0.15, 0.2) is 63.3 Å². The molecule has 0 spiro atoms. The third kappa shape index (κ3) is 5.22. The van der Waals surface area contributed by atoms with Gasteiger partial charge in [0, 0.05) is 26.8 Å². The molecule has 0 radical (unpaired) electrons. The standard InChI is InChI=1S/C28H32N4O10/c1-15(33)38-14-21-20(40-16(2)34)9-8-18(41-21)11-13-39-29-22-19-10-12-30-27(36)31(17-6-4-3-5-7-17)28(37)32(30)23(19)24(35)26-25(22)42-26/h3-9,18,20-21,23-26,29,35H,10-14H2,1-2H3/t18-,20-,21+,23+,24-,25+,26-/m0/s1. The number of fused-ring (bicyclic) bond motifs is 4. The van der Waals surface area contributed by atoms with Gasteiger partial charge in [0.15, 0.2) is 0 Å². The van der Waals surface area contributed by atoms with Gasteiger partial charge in [-0.25, -0.2) is 23.5 Å². The quantitative estimate of drug-likeness (QED) is 0.133. The smallest absolute Gasteiger partial charge is 0.352 e. The molecule has 2 aromatic rings. The summed E-state index contributed by atoms with van der Waals surface area (Å²) in [5.41, 5.74) is 3.80. The minimum Gasteiger partial charge on any atom is -0.463 e. The van der Waals surface area contributed by atoms with Crippen LogP contribution in [0.1, 0.15) is 32.7 Å². The van der Waals surface area contributed by atoms with E-state index in [1.54, 1.807) is 42.5 Å². The lowest BCUT2D eigenvalue weighted by atomic mass is 9.86. The number of hydrogen-bond acceptors (Lipinski definition) is 11. The van der Waals surface area contributed by atoms with Crippen LogP contribution in [0.5, 0.6) is 0 Å². The molecule has 3 aliphatic heterocycles. The highest BCUT2D eigenvalue weighted by atomic mass is 16.7. The lowest BCUT2D eigenvalue weighted by Crippen LogP contribution is -2.47. The highest BCUT2D eigenvalue weighted by molar-refractivity contribution is 5.67. The number of esters is 2. The summed E-state index contributed by atoms with van der Waals surface area (Å²) in [6.45, 7) is 2.98. The molecule has 0 amide bonds. The van der Waals surface area contributed by atoms with Gasteiger partial charge in [-0.3, -0.25) is 19.9 Å². The number of hydrogen-bond donors (Lipinski definition) is 2. The van der Waals surface area contributed by atoms with Gasteiger partial charge >= 0.3 is 23.3 Å². The molecule has 14 heteroatoms. The Morgan fingerprint density at radius 3 is 2.60 bits per heavy atom. The van der Waals surface area contributed by atoms with Crippen LogP contribution in [0.2, 0.25) is 0 Å². The second kappa shape index (κ2) is 11.4. The van der Waals surface area contributed by atoms with Crippen LogP contribution in [-0.4, -0.2) is 80.8 Å². The van der Waals surface area contributed by atoms with E-state index in [9.17, 15) is 24.3 Å². The number of rotatable bonds is 9. The van der Waals surface area contributed by atoms with Crippen LogP contribution >= 0.6 is 0 Å². The van der Waals surface area contributed by atoms with E-state index in [4.69, 9.17) is 23.8 Å². The zero-order chi connectivity index (χ0) is 29.5. The molecule has 0 unspecified atom stereocenters. The van der Waals surface area contributed by atoms with Crippen molar-refractivity contribution in [2.24, 2.45) is 0 Å². The lowest BCUT2D eigenvalue weighted by molar-refractivity contribution is -0.164. The van der Waals surface area contributed by atoms with E-state index in [-0.39, 0.29) is 25.9 Å². The monoisotopic (exact) mass is 584 g/mol. The van der Waals surface area contributed by atoms with Gasteiger partial charge in [-0.15, -0.1) is 0 Å². The van der Waals surface area contributed by atoms with E-state index in [0.29, 0.717) is 24.2 Å². The molecule has 1 aromatic carbocycles. The number of para-hydroxylation sites is 1. The average Bonchev–Trinajstić information content (AvgIpc) is 3.73. The van der Waals surface area contributed by atoms with Crippen molar-refractivity contribution in [3.63, 3.8) is 0 Å². The van der Waals surface area contributed by atoms with Crippen molar-refractivity contribution >= 4 is 11.9 Å². The zero-order valence-corrected chi connectivity index (χ0v) is 23.1. The number of nitrogens with zero attached hydrogens (tertiary/aromatic N) is 3. The summed E-state index contributed by atoms with van der Waals surface area (Å²) in [6.07, 6.45) is 0.642. The van der Waals surface area contributed by atoms with E-state index in [1.165, 1.54) is 23.2 Å². The normalized spacial score (nSPS) is 29.3. The van der Waals surface area contributed by atoms with Crippen molar-refractivity contribution in [1.82, 2.24) is 19.4 Å². The molecule has 0 saturated carbocycles. The van der Waals surface area contributed by atoms with Crippen molar-refractivity contribution < 1.29 is 38.5 Å². The van der Waals surface area contributed by atoms with Crippen molar-refractivity contribution in [1.29, 1.82) is 0 Å². The molecule has 7 atom stereocenters. The van der Waals surface area contributed by atoms with Gasteiger partial charge in [-0.05, 0) is 30.2 Å². The second-order valence-electron chi connectivity index (χ2n) is 10.6. The first-order chi connectivity index (χ1) is 20.2. The van der Waals surface area contributed by atoms with Crippen LogP contribution in [0.25, 0.3) is 5.69 Å². The third-order valence-electron chi connectivity index (χ3n) is 7.77. The highest BCUT2D eigenvalue weighted by Crippen LogP contribution is 2.46. The van der Waals surface area contributed by atoms with Gasteiger partial charge in [0.25, 0.3) is 0 Å². The molecule has 4 heterocycles. The molecule has 1 fully saturated rings. The molecule has 6 rings (SSSR count). The minimum absolute atomic E-state index is 0.0654. The molecule has 14 nitrogen and oxygen atoms in total. The van der Waals surface area contributed by atoms with Crippen LogP contribution in [0.3, 0.4) is 0 Å². The SMILES string of the molecule is CC(=O)OC[C@H]1O[C@H](CCONC2=C3CCn4c(=O)n(-c5ccccc5)c(=O)n4[C@H]3[C@H](O)[C@@H]3O[C@H]23)C=C[C@@H]1OC(C)=O. The van der Waals surface area contributed by atoms with Gasteiger partial charge in [0.05, 0.1) is 24.1 Å². The van der Waals surface area contributed by atoms with Crippen molar-refractivity contribution in [2.45, 2.75) is 75.9 Å². The van der Waals surface area contributed by atoms with E-state index in [1.807, 2.05) is 0 Å². The first kappa shape index (κ1) is 28.2. The Balaban J connectivity index is 1.15. The van der Waals surface area contributed by atoms with Crippen molar-refractivity contribution in [2.75, 3.05) is 13.2 Å². The number of carbonyl (C=O) groups is 2. The summed E-state index contributed by atoms with van der Waals surface area (Å²) in [7, 11) is 0. The van der Waals surface area contributed by atoms with E-state index >= 15 is 0 Å². The fourth-order valence-electron chi connectivity index (χ4n) is 5.85.